The zero-order chi connectivity index (χ0) is 27.6. The van der Waals surface area contributed by atoms with Crippen molar-refractivity contribution >= 4 is 23.8 Å². The van der Waals surface area contributed by atoms with E-state index in [1.807, 2.05) is 41.5 Å². The molecule has 1 spiro atoms. The van der Waals surface area contributed by atoms with E-state index < -0.39 is 10.3 Å². The van der Waals surface area contributed by atoms with Crippen LogP contribution in [-0.2, 0) is 26.4 Å². The zero-order valence-corrected chi connectivity index (χ0v) is 24.4. The number of esters is 1. The van der Waals surface area contributed by atoms with Gasteiger partial charge in [-0.3, -0.25) is 4.79 Å². The van der Waals surface area contributed by atoms with E-state index in [9.17, 15) is 9.59 Å². The molecule has 0 radical (unpaired) electrons. The molecule has 1 fully saturated rings. The molecule has 0 bridgehead atoms. The second-order valence-corrected chi connectivity index (χ2v) is 13.4. The normalized spacial score (nSPS) is 16.9. The Morgan fingerprint density at radius 2 is 1.63 bits per heavy atom. The Morgan fingerprint density at radius 3 is 2.26 bits per heavy atom. The first-order valence-electron chi connectivity index (χ1n) is 13.6. The van der Waals surface area contributed by atoms with Crippen LogP contribution in [0.25, 0.3) is 11.1 Å². The molecule has 2 heterocycles. The van der Waals surface area contributed by atoms with E-state index in [0.717, 1.165) is 42.7 Å². The third-order valence-corrected chi connectivity index (χ3v) is 8.58. The average Bonchev–Trinajstić information content (AvgIpc) is 2.87. The summed E-state index contributed by atoms with van der Waals surface area (Å²) in [5.74, 6) is 1.53. The van der Waals surface area contributed by atoms with Gasteiger partial charge in [0.05, 0.1) is 6.61 Å². The number of piperidine rings is 1. The summed E-state index contributed by atoms with van der Waals surface area (Å²) in [4.78, 5) is 26.4. The minimum Gasteiger partial charge on any atom is -0.487 e. The highest BCUT2D eigenvalue weighted by Crippen LogP contribution is 2.41. The molecular formula is C31H41NO5S. The predicted molar refractivity (Wildman–Crippen MR) is 153 cm³/mol. The standard InChI is InChI=1S/C31H41NO5S/c1-7-35-27(33)30(5,6)38-21-22-8-10-23(11-9-22)24-12-13-26-25(20-24)14-15-31(36-26)16-18-32(19-17-31)28(34)37-29(2,3)4/h8-13,20H,7,14-19,21H2,1-6H3. The van der Waals surface area contributed by atoms with Crippen LogP contribution in [-0.4, -0.2) is 52.6 Å². The van der Waals surface area contributed by atoms with Crippen molar-refractivity contribution < 1.29 is 23.8 Å². The lowest BCUT2D eigenvalue weighted by Crippen LogP contribution is -2.52. The lowest BCUT2D eigenvalue weighted by Gasteiger charge is -2.44. The van der Waals surface area contributed by atoms with Gasteiger partial charge in [-0.05, 0) is 88.8 Å². The van der Waals surface area contributed by atoms with Gasteiger partial charge in [0.15, 0.2) is 0 Å². The molecule has 4 rings (SSSR count). The molecule has 0 N–H and O–H groups in total. The maximum atomic E-state index is 12.5. The van der Waals surface area contributed by atoms with Crippen LogP contribution in [0.2, 0.25) is 0 Å². The maximum absolute atomic E-state index is 12.5. The summed E-state index contributed by atoms with van der Waals surface area (Å²) in [7, 11) is 0. The lowest BCUT2D eigenvalue weighted by atomic mass is 9.82. The average molecular weight is 540 g/mol. The van der Waals surface area contributed by atoms with Gasteiger partial charge in [-0.1, -0.05) is 30.3 Å². The minimum atomic E-state index is -0.573. The molecule has 7 heteroatoms. The molecule has 0 saturated carbocycles. The Balaban J connectivity index is 1.35. The molecule has 2 aliphatic rings. The van der Waals surface area contributed by atoms with Crippen molar-refractivity contribution in [2.75, 3.05) is 19.7 Å². The van der Waals surface area contributed by atoms with Gasteiger partial charge in [-0.25, -0.2) is 4.79 Å². The number of carbonyl (C=O) groups excluding carboxylic acids is 2. The molecule has 2 aliphatic heterocycles. The summed E-state index contributed by atoms with van der Waals surface area (Å²) in [6.45, 7) is 13.1. The summed E-state index contributed by atoms with van der Waals surface area (Å²) in [5.41, 5.74) is 4.07. The van der Waals surface area contributed by atoms with Crippen molar-refractivity contribution in [1.82, 2.24) is 4.90 Å². The number of hydrogen-bond acceptors (Lipinski definition) is 6. The molecular weight excluding hydrogens is 498 g/mol. The first-order chi connectivity index (χ1) is 17.9. The van der Waals surface area contributed by atoms with E-state index in [2.05, 4.69) is 42.5 Å². The van der Waals surface area contributed by atoms with Gasteiger partial charge in [-0.2, -0.15) is 0 Å². The van der Waals surface area contributed by atoms with E-state index in [4.69, 9.17) is 14.2 Å². The molecule has 0 aliphatic carbocycles. The summed E-state index contributed by atoms with van der Waals surface area (Å²) < 4.78 is 16.7. The van der Waals surface area contributed by atoms with E-state index >= 15 is 0 Å². The van der Waals surface area contributed by atoms with Crippen molar-refractivity contribution in [2.24, 2.45) is 0 Å². The van der Waals surface area contributed by atoms with Gasteiger partial charge < -0.3 is 19.1 Å². The predicted octanol–water partition coefficient (Wildman–Crippen LogP) is 7.02. The fraction of sp³-hybridized carbons (Fsp3) is 0.548. The monoisotopic (exact) mass is 539 g/mol. The van der Waals surface area contributed by atoms with E-state index in [1.54, 1.807) is 16.7 Å². The number of likely N-dealkylation sites (tertiary alicyclic amines) is 1. The molecule has 0 aromatic heterocycles. The van der Waals surface area contributed by atoms with Crippen LogP contribution in [0.5, 0.6) is 5.75 Å². The number of ether oxygens (including phenoxy) is 3. The molecule has 1 amide bonds. The number of benzene rings is 2. The van der Waals surface area contributed by atoms with Crippen LogP contribution in [0, 0.1) is 0 Å². The van der Waals surface area contributed by atoms with Gasteiger partial charge in [0, 0.05) is 31.7 Å². The highest BCUT2D eigenvalue weighted by molar-refractivity contribution is 8.00. The second kappa shape index (κ2) is 11.2. The van der Waals surface area contributed by atoms with Crippen LogP contribution in [0.4, 0.5) is 4.79 Å². The van der Waals surface area contributed by atoms with E-state index in [1.165, 1.54) is 16.7 Å². The van der Waals surface area contributed by atoms with Crippen LogP contribution in [0.15, 0.2) is 42.5 Å². The number of fused-ring (bicyclic) bond motifs is 1. The molecule has 1 saturated heterocycles. The second-order valence-electron chi connectivity index (χ2n) is 11.8. The van der Waals surface area contributed by atoms with Gasteiger partial charge >= 0.3 is 12.1 Å². The summed E-state index contributed by atoms with van der Waals surface area (Å²) in [6.07, 6.45) is 3.32. The SMILES string of the molecule is CCOC(=O)C(C)(C)SCc1ccc(-c2ccc3c(c2)CCC2(CCN(C(=O)OC(C)(C)C)CC2)O3)cc1. The molecule has 0 unspecified atom stereocenters. The highest BCUT2D eigenvalue weighted by atomic mass is 32.2. The van der Waals surface area contributed by atoms with Gasteiger partial charge in [0.2, 0.25) is 0 Å². The third-order valence-electron chi connectivity index (χ3n) is 7.22. The number of thioether (sulfide) groups is 1. The van der Waals surface area contributed by atoms with Crippen molar-refractivity contribution in [1.29, 1.82) is 0 Å². The highest BCUT2D eigenvalue weighted by Gasteiger charge is 2.41. The Labute approximate surface area is 231 Å². The van der Waals surface area contributed by atoms with Gasteiger partial charge in [-0.15, -0.1) is 11.8 Å². The first-order valence-corrected chi connectivity index (χ1v) is 14.6. The van der Waals surface area contributed by atoms with Crippen LogP contribution >= 0.6 is 11.8 Å². The fourth-order valence-electron chi connectivity index (χ4n) is 4.90. The Bertz CT molecular complexity index is 1140. The van der Waals surface area contributed by atoms with Crippen molar-refractivity contribution in [3.63, 3.8) is 0 Å². The Morgan fingerprint density at radius 1 is 0.974 bits per heavy atom. The minimum absolute atomic E-state index is 0.173. The molecule has 6 nitrogen and oxygen atoms in total. The number of hydrogen-bond donors (Lipinski definition) is 0. The summed E-state index contributed by atoms with van der Waals surface area (Å²) in [6, 6.07) is 15.0. The Hall–Kier alpha value is -2.67. The van der Waals surface area contributed by atoms with Crippen LogP contribution in [0.3, 0.4) is 0 Å². The van der Waals surface area contributed by atoms with Gasteiger partial charge in [0.25, 0.3) is 0 Å². The smallest absolute Gasteiger partial charge is 0.410 e. The van der Waals surface area contributed by atoms with E-state index in [0.29, 0.717) is 19.7 Å². The van der Waals surface area contributed by atoms with Crippen LogP contribution < -0.4 is 4.74 Å². The van der Waals surface area contributed by atoms with Crippen LogP contribution in [0.1, 0.15) is 71.9 Å². The summed E-state index contributed by atoms with van der Waals surface area (Å²) in [5, 5.41) is 0. The molecule has 38 heavy (non-hydrogen) atoms. The molecule has 206 valence electrons. The molecule has 2 aromatic carbocycles. The van der Waals surface area contributed by atoms with Crippen molar-refractivity contribution in [2.45, 2.75) is 88.9 Å². The largest absolute Gasteiger partial charge is 0.487 e. The third kappa shape index (κ3) is 6.85. The fourth-order valence-corrected chi connectivity index (χ4v) is 5.79. The number of rotatable bonds is 6. The topological polar surface area (TPSA) is 65.1 Å². The lowest BCUT2D eigenvalue weighted by molar-refractivity contribution is -0.145. The zero-order valence-electron chi connectivity index (χ0n) is 23.6. The molecule has 2 aromatic rings. The van der Waals surface area contributed by atoms with Gasteiger partial charge in [0.1, 0.15) is 21.7 Å². The maximum Gasteiger partial charge on any atom is 0.410 e. The molecule has 0 atom stereocenters. The Kier molecular flexibility index (Phi) is 8.36. The van der Waals surface area contributed by atoms with Crippen molar-refractivity contribution in [3.05, 3.63) is 53.6 Å². The first kappa shape index (κ1) is 28.3. The van der Waals surface area contributed by atoms with Crippen molar-refractivity contribution in [3.8, 4) is 16.9 Å². The summed E-state index contributed by atoms with van der Waals surface area (Å²) >= 11 is 1.59. The number of amides is 1. The number of aryl methyl sites for hydroxylation is 1. The quantitative estimate of drug-likeness (QED) is 0.368. The van der Waals surface area contributed by atoms with E-state index in [-0.39, 0.29) is 17.7 Å². The number of nitrogens with zero attached hydrogens (tertiary/aromatic N) is 1. The number of carbonyl (C=O) groups is 2.